The predicted octanol–water partition coefficient (Wildman–Crippen LogP) is 2.47. The Bertz CT molecular complexity index is 667. The van der Waals surface area contributed by atoms with Crippen molar-refractivity contribution in [2.45, 2.75) is 32.2 Å². The highest BCUT2D eigenvalue weighted by molar-refractivity contribution is 9.10. The van der Waals surface area contributed by atoms with E-state index in [9.17, 15) is 0 Å². The largest absolute Gasteiger partial charge is 0.401 e. The number of nitrogens with zero attached hydrogens (tertiary/aromatic N) is 3. The lowest BCUT2D eigenvalue weighted by atomic mass is 10.2. The standard InChI is InChI=1S/C14H18BrN5/c1-9(16)5-20(17)8-12-7-19-6-11(10-2-3-10)4-13(15)14(19)18-12/h4-7,10H,2-3,8,16-17H2,1H3/b9-5-. The number of aromatic nitrogens is 2. The van der Waals surface area contributed by atoms with Crippen LogP contribution in [-0.2, 0) is 6.54 Å². The van der Waals surface area contributed by atoms with Crippen LogP contribution in [0.5, 0.6) is 0 Å². The number of halogens is 1. The summed E-state index contributed by atoms with van der Waals surface area (Å²) >= 11 is 3.60. The molecule has 2 aromatic rings. The summed E-state index contributed by atoms with van der Waals surface area (Å²) in [6.07, 6.45) is 8.46. The molecule has 0 saturated heterocycles. The summed E-state index contributed by atoms with van der Waals surface area (Å²) in [7, 11) is 0. The highest BCUT2D eigenvalue weighted by Gasteiger charge is 2.24. The topological polar surface area (TPSA) is 72.6 Å². The minimum atomic E-state index is 0.529. The number of allylic oxidation sites excluding steroid dienone is 1. The molecule has 0 bridgehead atoms. The highest BCUT2D eigenvalue weighted by Crippen LogP contribution is 2.41. The Kier molecular flexibility index (Phi) is 3.43. The second kappa shape index (κ2) is 5.10. The molecule has 1 fully saturated rings. The van der Waals surface area contributed by atoms with E-state index in [1.807, 2.05) is 13.1 Å². The summed E-state index contributed by atoms with van der Waals surface area (Å²) in [5.74, 6) is 6.59. The molecular formula is C14H18BrN5. The second-order valence-electron chi connectivity index (χ2n) is 5.40. The Hall–Kier alpha value is -1.53. The SMILES string of the molecule is C/C(N)=C/N(N)Cc1cn2cc(C3CC3)cc(Br)c2n1. The minimum Gasteiger partial charge on any atom is -0.401 e. The molecule has 0 atom stereocenters. The van der Waals surface area contributed by atoms with Crippen molar-refractivity contribution in [2.75, 3.05) is 0 Å². The van der Waals surface area contributed by atoms with Gasteiger partial charge in [0, 0.05) is 24.3 Å². The molecule has 0 aromatic carbocycles. The molecule has 5 nitrogen and oxygen atoms in total. The van der Waals surface area contributed by atoms with E-state index in [2.05, 4.69) is 37.6 Å². The summed E-state index contributed by atoms with van der Waals surface area (Å²) in [5.41, 5.74) is 9.50. The van der Waals surface area contributed by atoms with Gasteiger partial charge in [-0.05, 0) is 53.2 Å². The van der Waals surface area contributed by atoms with Crippen LogP contribution in [0.3, 0.4) is 0 Å². The van der Waals surface area contributed by atoms with E-state index in [0.29, 0.717) is 12.2 Å². The molecule has 2 aromatic heterocycles. The maximum Gasteiger partial charge on any atom is 0.151 e. The van der Waals surface area contributed by atoms with Crippen LogP contribution in [0.25, 0.3) is 5.65 Å². The minimum absolute atomic E-state index is 0.529. The van der Waals surface area contributed by atoms with E-state index in [0.717, 1.165) is 21.7 Å². The average Bonchev–Trinajstić information content (AvgIpc) is 3.10. The Balaban J connectivity index is 1.90. The molecule has 0 spiro atoms. The van der Waals surface area contributed by atoms with Gasteiger partial charge in [0.2, 0.25) is 0 Å². The number of imidazole rings is 1. The summed E-state index contributed by atoms with van der Waals surface area (Å²) < 4.78 is 3.10. The van der Waals surface area contributed by atoms with E-state index in [-0.39, 0.29) is 0 Å². The van der Waals surface area contributed by atoms with Crippen LogP contribution in [-0.4, -0.2) is 14.4 Å². The molecule has 1 aliphatic rings. The molecule has 1 aliphatic carbocycles. The molecule has 1 saturated carbocycles. The van der Waals surface area contributed by atoms with E-state index >= 15 is 0 Å². The second-order valence-corrected chi connectivity index (χ2v) is 6.26. The quantitative estimate of drug-likeness (QED) is 0.665. The lowest BCUT2D eigenvalue weighted by Gasteiger charge is -2.11. The van der Waals surface area contributed by atoms with Gasteiger partial charge in [-0.3, -0.25) is 0 Å². The molecule has 0 unspecified atom stereocenters. The maximum atomic E-state index is 5.87. The van der Waals surface area contributed by atoms with Gasteiger partial charge in [-0.1, -0.05) is 0 Å². The van der Waals surface area contributed by atoms with Gasteiger partial charge in [0.15, 0.2) is 5.65 Å². The molecular weight excluding hydrogens is 318 g/mol. The summed E-state index contributed by atoms with van der Waals surface area (Å²) in [6.45, 7) is 2.34. The zero-order valence-corrected chi connectivity index (χ0v) is 13.0. The molecule has 6 heteroatoms. The van der Waals surface area contributed by atoms with Crippen molar-refractivity contribution in [3.63, 3.8) is 0 Å². The summed E-state index contributed by atoms with van der Waals surface area (Å²) in [5, 5.41) is 1.55. The number of hydrogen-bond donors (Lipinski definition) is 2. The van der Waals surface area contributed by atoms with Gasteiger partial charge in [0.25, 0.3) is 0 Å². The third-order valence-electron chi connectivity index (χ3n) is 3.34. The Labute approximate surface area is 126 Å². The number of hydrogen-bond acceptors (Lipinski definition) is 4. The van der Waals surface area contributed by atoms with Gasteiger partial charge in [-0.15, -0.1) is 0 Å². The van der Waals surface area contributed by atoms with Crippen LogP contribution >= 0.6 is 15.9 Å². The maximum absolute atomic E-state index is 5.87. The number of fused-ring (bicyclic) bond motifs is 1. The first-order valence-electron chi connectivity index (χ1n) is 6.65. The van der Waals surface area contributed by atoms with Crippen molar-refractivity contribution in [3.8, 4) is 0 Å². The zero-order chi connectivity index (χ0) is 14.3. The van der Waals surface area contributed by atoms with Crippen molar-refractivity contribution >= 4 is 21.6 Å². The number of rotatable bonds is 4. The third-order valence-corrected chi connectivity index (χ3v) is 3.92. The normalized spacial score (nSPS) is 15.8. The Morgan fingerprint density at radius 2 is 2.30 bits per heavy atom. The molecule has 0 amide bonds. The smallest absolute Gasteiger partial charge is 0.151 e. The van der Waals surface area contributed by atoms with Crippen molar-refractivity contribution in [1.29, 1.82) is 0 Å². The van der Waals surface area contributed by atoms with Crippen molar-refractivity contribution in [3.05, 3.63) is 46.1 Å². The first-order valence-corrected chi connectivity index (χ1v) is 7.44. The number of pyridine rings is 1. The molecule has 106 valence electrons. The Morgan fingerprint density at radius 3 is 2.95 bits per heavy atom. The van der Waals surface area contributed by atoms with Crippen LogP contribution in [0.1, 0.15) is 36.9 Å². The molecule has 20 heavy (non-hydrogen) atoms. The number of nitrogens with two attached hydrogens (primary N) is 2. The van der Waals surface area contributed by atoms with Gasteiger partial charge < -0.3 is 15.1 Å². The monoisotopic (exact) mass is 335 g/mol. The van der Waals surface area contributed by atoms with Crippen molar-refractivity contribution in [2.24, 2.45) is 11.6 Å². The van der Waals surface area contributed by atoms with E-state index in [1.54, 1.807) is 11.2 Å². The van der Waals surface area contributed by atoms with E-state index in [1.165, 1.54) is 18.4 Å². The van der Waals surface area contributed by atoms with Crippen LogP contribution in [0.2, 0.25) is 0 Å². The van der Waals surface area contributed by atoms with Crippen LogP contribution < -0.4 is 11.6 Å². The average molecular weight is 336 g/mol. The van der Waals surface area contributed by atoms with E-state index in [4.69, 9.17) is 11.6 Å². The van der Waals surface area contributed by atoms with Crippen LogP contribution in [0.4, 0.5) is 0 Å². The molecule has 0 radical (unpaired) electrons. The molecule has 4 N–H and O–H groups in total. The third kappa shape index (κ3) is 2.81. The summed E-state index contributed by atoms with van der Waals surface area (Å²) in [4.78, 5) is 4.60. The van der Waals surface area contributed by atoms with Gasteiger partial charge in [-0.2, -0.15) is 0 Å². The fourth-order valence-electron chi connectivity index (χ4n) is 2.34. The van der Waals surface area contributed by atoms with Crippen molar-refractivity contribution in [1.82, 2.24) is 14.4 Å². The first kappa shape index (κ1) is 13.5. The fourth-order valence-corrected chi connectivity index (χ4v) is 2.90. The molecule has 3 rings (SSSR count). The molecule has 2 heterocycles. The van der Waals surface area contributed by atoms with Crippen LogP contribution in [0, 0.1) is 0 Å². The highest BCUT2D eigenvalue weighted by atomic mass is 79.9. The predicted molar refractivity (Wildman–Crippen MR) is 82.5 cm³/mol. The van der Waals surface area contributed by atoms with Gasteiger partial charge in [0.05, 0.1) is 16.7 Å². The summed E-state index contributed by atoms with van der Waals surface area (Å²) in [6, 6.07) is 2.17. The van der Waals surface area contributed by atoms with Gasteiger partial charge >= 0.3 is 0 Å². The lowest BCUT2D eigenvalue weighted by Crippen LogP contribution is -2.25. The van der Waals surface area contributed by atoms with Crippen molar-refractivity contribution < 1.29 is 0 Å². The number of hydrazine groups is 1. The van der Waals surface area contributed by atoms with Gasteiger partial charge in [-0.25, -0.2) is 10.8 Å². The fraction of sp³-hybridized carbons (Fsp3) is 0.357. The van der Waals surface area contributed by atoms with Gasteiger partial charge in [0.1, 0.15) is 0 Å². The van der Waals surface area contributed by atoms with Crippen LogP contribution in [0.15, 0.2) is 34.8 Å². The lowest BCUT2D eigenvalue weighted by molar-refractivity contribution is 0.379. The Morgan fingerprint density at radius 1 is 1.55 bits per heavy atom. The zero-order valence-electron chi connectivity index (χ0n) is 11.4. The van der Waals surface area contributed by atoms with E-state index < -0.39 is 0 Å². The molecule has 0 aliphatic heterocycles. The first-order chi connectivity index (χ1) is 9.52.